The van der Waals surface area contributed by atoms with Gasteiger partial charge in [-0.05, 0) is 49.9 Å². The zero-order valence-electron chi connectivity index (χ0n) is 10.4. The summed E-state index contributed by atoms with van der Waals surface area (Å²) >= 11 is 5.71. The minimum Gasteiger partial charge on any atom is -0.315 e. The monoisotopic (exact) mass is 269 g/mol. The maximum atomic E-state index is 13.8. The molecule has 0 aromatic heterocycles. The number of halogens is 2. The molecule has 4 heteroatoms. The molecule has 2 rings (SSSR count). The van der Waals surface area contributed by atoms with Crippen LogP contribution in [0.5, 0.6) is 0 Å². The van der Waals surface area contributed by atoms with Crippen molar-refractivity contribution >= 4 is 17.4 Å². The lowest BCUT2D eigenvalue weighted by molar-refractivity contribution is -0.118. The number of carbonyl (C=O) groups excluding carboxylic acids is 1. The SMILES string of the molecule is CC(=O)C(CNCC1CC1)c1ccc(Cl)cc1F. The molecule has 1 saturated carbocycles. The Kier molecular flexibility index (Phi) is 4.36. The summed E-state index contributed by atoms with van der Waals surface area (Å²) in [6.45, 7) is 2.90. The number of hydrogen-bond donors (Lipinski definition) is 1. The summed E-state index contributed by atoms with van der Waals surface area (Å²) in [5, 5.41) is 3.60. The second-order valence-corrected chi connectivity index (χ2v) is 5.37. The maximum Gasteiger partial charge on any atom is 0.138 e. The third-order valence-corrected chi connectivity index (χ3v) is 3.54. The van der Waals surface area contributed by atoms with E-state index in [1.54, 1.807) is 12.1 Å². The van der Waals surface area contributed by atoms with Gasteiger partial charge in [-0.3, -0.25) is 4.79 Å². The molecule has 0 spiro atoms. The Bertz CT molecular complexity index is 445. The Hall–Kier alpha value is -0.930. The number of ketones is 1. The highest BCUT2D eigenvalue weighted by atomic mass is 35.5. The summed E-state index contributed by atoms with van der Waals surface area (Å²) in [7, 11) is 0. The molecule has 1 N–H and O–H groups in total. The van der Waals surface area contributed by atoms with Gasteiger partial charge in [-0.2, -0.15) is 0 Å². The Labute approximate surface area is 112 Å². The molecule has 1 aromatic rings. The lowest BCUT2D eigenvalue weighted by Gasteiger charge is -2.16. The molecule has 0 saturated heterocycles. The van der Waals surface area contributed by atoms with Crippen molar-refractivity contribution < 1.29 is 9.18 Å². The number of nitrogens with one attached hydrogen (secondary N) is 1. The molecule has 0 bridgehead atoms. The van der Waals surface area contributed by atoms with Crippen LogP contribution >= 0.6 is 11.6 Å². The average Bonchev–Trinajstić information content (AvgIpc) is 3.09. The van der Waals surface area contributed by atoms with Crippen molar-refractivity contribution in [3.63, 3.8) is 0 Å². The van der Waals surface area contributed by atoms with E-state index in [9.17, 15) is 9.18 Å². The fourth-order valence-electron chi connectivity index (χ4n) is 2.01. The molecule has 0 radical (unpaired) electrons. The van der Waals surface area contributed by atoms with E-state index in [-0.39, 0.29) is 5.78 Å². The van der Waals surface area contributed by atoms with Gasteiger partial charge in [0, 0.05) is 11.6 Å². The first-order valence-electron chi connectivity index (χ1n) is 6.24. The van der Waals surface area contributed by atoms with Gasteiger partial charge in [0.2, 0.25) is 0 Å². The van der Waals surface area contributed by atoms with E-state index in [2.05, 4.69) is 5.32 Å². The Morgan fingerprint density at radius 1 is 1.56 bits per heavy atom. The number of benzene rings is 1. The molecule has 1 fully saturated rings. The van der Waals surface area contributed by atoms with Gasteiger partial charge < -0.3 is 5.32 Å². The fraction of sp³-hybridized carbons (Fsp3) is 0.500. The van der Waals surface area contributed by atoms with Crippen molar-refractivity contribution in [3.8, 4) is 0 Å². The van der Waals surface area contributed by atoms with Crippen LogP contribution in [0, 0.1) is 11.7 Å². The van der Waals surface area contributed by atoms with Crippen molar-refractivity contribution in [3.05, 3.63) is 34.6 Å². The minimum absolute atomic E-state index is 0.0282. The molecule has 98 valence electrons. The molecule has 18 heavy (non-hydrogen) atoms. The van der Waals surface area contributed by atoms with Gasteiger partial charge in [0.1, 0.15) is 11.6 Å². The summed E-state index contributed by atoms with van der Waals surface area (Å²) in [4.78, 5) is 11.6. The van der Waals surface area contributed by atoms with Crippen molar-refractivity contribution in [2.45, 2.75) is 25.7 Å². The Morgan fingerprint density at radius 3 is 2.83 bits per heavy atom. The van der Waals surface area contributed by atoms with Gasteiger partial charge >= 0.3 is 0 Å². The zero-order chi connectivity index (χ0) is 13.1. The molecule has 0 heterocycles. The third-order valence-electron chi connectivity index (χ3n) is 3.31. The van der Waals surface area contributed by atoms with Gasteiger partial charge in [0.25, 0.3) is 0 Å². The predicted octanol–water partition coefficient (Wildman–Crippen LogP) is 3.15. The highest BCUT2D eigenvalue weighted by Gasteiger charge is 2.23. The first kappa shape index (κ1) is 13.5. The highest BCUT2D eigenvalue weighted by molar-refractivity contribution is 6.30. The smallest absolute Gasteiger partial charge is 0.138 e. The van der Waals surface area contributed by atoms with E-state index in [0.717, 1.165) is 12.5 Å². The van der Waals surface area contributed by atoms with Crippen LogP contribution < -0.4 is 5.32 Å². The summed E-state index contributed by atoms with van der Waals surface area (Å²) in [6.07, 6.45) is 2.51. The van der Waals surface area contributed by atoms with Crippen LogP contribution in [0.25, 0.3) is 0 Å². The molecule has 1 aromatic carbocycles. The van der Waals surface area contributed by atoms with Crippen molar-refractivity contribution in [1.29, 1.82) is 0 Å². The van der Waals surface area contributed by atoms with E-state index >= 15 is 0 Å². The van der Waals surface area contributed by atoms with Crippen molar-refractivity contribution in [2.75, 3.05) is 13.1 Å². The number of hydrogen-bond acceptors (Lipinski definition) is 2. The van der Waals surface area contributed by atoms with E-state index < -0.39 is 11.7 Å². The van der Waals surface area contributed by atoms with Crippen LogP contribution in [0.4, 0.5) is 4.39 Å². The maximum absolute atomic E-state index is 13.8. The molecular weight excluding hydrogens is 253 g/mol. The number of carbonyl (C=O) groups is 1. The van der Waals surface area contributed by atoms with Crippen molar-refractivity contribution in [2.24, 2.45) is 5.92 Å². The fourth-order valence-corrected chi connectivity index (χ4v) is 2.17. The summed E-state index contributed by atoms with van der Waals surface area (Å²) < 4.78 is 13.8. The quantitative estimate of drug-likeness (QED) is 0.860. The molecule has 0 aliphatic heterocycles. The summed E-state index contributed by atoms with van der Waals surface area (Å²) in [6, 6.07) is 4.48. The normalized spacial score (nSPS) is 16.6. The second-order valence-electron chi connectivity index (χ2n) is 4.93. The zero-order valence-corrected chi connectivity index (χ0v) is 11.1. The lowest BCUT2D eigenvalue weighted by atomic mass is 9.95. The van der Waals surface area contributed by atoms with Crippen molar-refractivity contribution in [1.82, 2.24) is 5.32 Å². The van der Waals surface area contributed by atoms with E-state index in [0.29, 0.717) is 17.1 Å². The van der Waals surface area contributed by atoms with Gasteiger partial charge in [0.05, 0.1) is 5.92 Å². The third kappa shape index (κ3) is 3.53. The van der Waals surface area contributed by atoms with Crippen LogP contribution in [0.3, 0.4) is 0 Å². The molecule has 1 unspecified atom stereocenters. The molecular formula is C14H17ClFNO. The predicted molar refractivity (Wildman–Crippen MR) is 70.4 cm³/mol. The number of rotatable bonds is 6. The van der Waals surface area contributed by atoms with Crippen LogP contribution in [0.1, 0.15) is 31.2 Å². The molecule has 2 nitrogen and oxygen atoms in total. The molecule has 1 atom stereocenters. The standard InChI is InChI=1S/C14H17ClFNO/c1-9(18)13(8-17-7-10-2-3-10)12-5-4-11(15)6-14(12)16/h4-6,10,13,17H,2-3,7-8H2,1H3. The number of Topliss-reactive ketones (excluding diaryl/α,β-unsaturated/α-hetero) is 1. The summed E-state index contributed by atoms with van der Waals surface area (Å²) in [5.74, 6) is -0.121. The van der Waals surface area contributed by atoms with Gasteiger partial charge in [0.15, 0.2) is 0 Å². The molecule has 1 aliphatic carbocycles. The van der Waals surface area contributed by atoms with E-state index in [1.807, 2.05) is 0 Å². The van der Waals surface area contributed by atoms with Gasteiger partial charge in [-0.25, -0.2) is 4.39 Å². The highest BCUT2D eigenvalue weighted by Crippen LogP contribution is 2.28. The first-order valence-corrected chi connectivity index (χ1v) is 6.62. The largest absolute Gasteiger partial charge is 0.315 e. The molecule has 1 aliphatic rings. The Balaban J connectivity index is 2.04. The van der Waals surface area contributed by atoms with E-state index in [4.69, 9.17) is 11.6 Å². The summed E-state index contributed by atoms with van der Waals surface area (Å²) in [5.41, 5.74) is 0.426. The Morgan fingerprint density at radius 2 is 2.28 bits per heavy atom. The van der Waals surface area contributed by atoms with Crippen LogP contribution in [0.15, 0.2) is 18.2 Å². The first-order chi connectivity index (χ1) is 8.58. The van der Waals surface area contributed by atoms with Crippen LogP contribution in [-0.2, 0) is 4.79 Å². The molecule has 0 amide bonds. The topological polar surface area (TPSA) is 29.1 Å². The minimum atomic E-state index is -0.430. The van der Waals surface area contributed by atoms with E-state index in [1.165, 1.54) is 25.8 Å². The lowest BCUT2D eigenvalue weighted by Crippen LogP contribution is -2.28. The van der Waals surface area contributed by atoms with Crippen LogP contribution in [0.2, 0.25) is 5.02 Å². The van der Waals surface area contributed by atoms with Gasteiger partial charge in [-0.15, -0.1) is 0 Å². The van der Waals surface area contributed by atoms with Crippen LogP contribution in [-0.4, -0.2) is 18.9 Å². The average molecular weight is 270 g/mol. The second kappa shape index (κ2) is 5.81. The van der Waals surface area contributed by atoms with Gasteiger partial charge in [-0.1, -0.05) is 17.7 Å².